The monoisotopic (exact) mass is 127 g/mol. The minimum Gasteiger partial charge on any atom is -0.109 e. The van der Waals surface area contributed by atoms with E-state index in [4.69, 9.17) is 0 Å². The molecule has 6 heavy (non-hydrogen) atoms. The molecule has 0 nitrogen and oxygen atoms in total. The number of rotatable bonds is 0. The van der Waals surface area contributed by atoms with E-state index in [0.29, 0.717) is 0 Å². The maximum absolute atomic E-state index is 2.28. The normalized spacial score (nSPS) is 16.0. The van der Waals surface area contributed by atoms with Gasteiger partial charge in [0.25, 0.3) is 0 Å². The molecule has 27 valence electrons. The second-order valence-electron chi connectivity index (χ2n) is 0.877. The Morgan fingerprint density at radius 2 is 1.67 bits per heavy atom. The van der Waals surface area contributed by atoms with Gasteiger partial charge in [-0.2, -0.15) is 0 Å². The third-order valence-corrected chi connectivity index (χ3v) is 1.55. The molecule has 1 aliphatic rings. The zero-order chi connectivity index (χ0) is 2.83. The van der Waals surface area contributed by atoms with Gasteiger partial charge in [-0.05, 0) is 12.6 Å². The third-order valence-electron chi connectivity index (χ3n) is 0.516. The summed E-state index contributed by atoms with van der Waals surface area (Å²) >= 11 is 0. The van der Waals surface area contributed by atoms with E-state index in [0.717, 1.165) is 0 Å². The molecule has 0 aromatic carbocycles. The fourth-order valence-corrected chi connectivity index (χ4v) is 0.387. The minimum atomic E-state index is 0. The standard InChI is InChI=1S/C3H5P.Li.Ti/c1-2-4-3-1;;/h2H,1,3H2;;. The Labute approximate surface area is 66.9 Å². The first-order valence-electron chi connectivity index (χ1n) is 1.48. The van der Waals surface area contributed by atoms with Crippen molar-refractivity contribution in [3.05, 3.63) is 0 Å². The minimum absolute atomic E-state index is 0. The van der Waals surface area contributed by atoms with Crippen LogP contribution in [-0.4, -0.2) is 30.8 Å². The first kappa shape index (κ1) is 10.5. The van der Waals surface area contributed by atoms with E-state index in [1.54, 1.807) is 8.20 Å². The molecule has 0 unspecified atom stereocenters. The Hall–Kier alpha value is 1.48. The summed E-state index contributed by atoms with van der Waals surface area (Å²) in [6.07, 6.45) is 2.78. The maximum atomic E-state index is 2.28. The van der Waals surface area contributed by atoms with E-state index in [-0.39, 0.29) is 40.6 Å². The van der Waals surface area contributed by atoms with Crippen LogP contribution in [0.2, 0.25) is 0 Å². The van der Waals surface area contributed by atoms with Crippen molar-refractivity contribution < 1.29 is 21.7 Å². The van der Waals surface area contributed by atoms with Crippen molar-refractivity contribution in [1.29, 1.82) is 0 Å². The van der Waals surface area contributed by atoms with Gasteiger partial charge >= 0.3 is 0 Å². The molecule has 0 aromatic rings. The number of hydrogen-bond donors (Lipinski definition) is 0. The van der Waals surface area contributed by atoms with Gasteiger partial charge in [-0.1, -0.05) is 5.80 Å². The van der Waals surface area contributed by atoms with Crippen LogP contribution in [-0.2, 0) is 21.7 Å². The summed E-state index contributed by atoms with van der Waals surface area (Å²) in [5.41, 5.74) is 0. The molecule has 0 fully saturated rings. The molecule has 0 amide bonds. The maximum Gasteiger partial charge on any atom is 0 e. The van der Waals surface area contributed by atoms with Crippen molar-refractivity contribution in [3.8, 4) is 0 Å². The van der Waals surface area contributed by atoms with Gasteiger partial charge in [-0.3, -0.25) is 0 Å². The van der Waals surface area contributed by atoms with Gasteiger partial charge in [0.1, 0.15) is 0 Å². The third kappa shape index (κ3) is 3.66. The molecule has 1 aliphatic heterocycles. The Morgan fingerprint density at radius 3 is 1.67 bits per heavy atom. The van der Waals surface area contributed by atoms with Gasteiger partial charge in [0, 0.05) is 40.6 Å². The Kier molecular flexibility index (Phi) is 11.3. The summed E-state index contributed by atoms with van der Waals surface area (Å²) in [4.78, 5) is 0. The van der Waals surface area contributed by atoms with Gasteiger partial charge < -0.3 is 0 Å². The summed E-state index contributed by atoms with van der Waals surface area (Å²) in [5, 5.41) is 0. The van der Waals surface area contributed by atoms with Crippen molar-refractivity contribution in [2.45, 2.75) is 6.42 Å². The number of hydrogen-bond acceptors (Lipinski definition) is 0. The predicted molar refractivity (Wildman–Crippen MR) is 28.2 cm³/mol. The molecule has 1 heterocycles. The molecule has 0 N–H and O–H groups in total. The average molecular weight is 127 g/mol. The van der Waals surface area contributed by atoms with Gasteiger partial charge in [-0.25, -0.2) is 0 Å². The van der Waals surface area contributed by atoms with E-state index < -0.39 is 0 Å². The first-order chi connectivity index (χ1) is 2.00. The van der Waals surface area contributed by atoms with Crippen molar-refractivity contribution >= 4 is 32.9 Å². The van der Waals surface area contributed by atoms with Crippen LogP contribution in [0.5, 0.6) is 0 Å². The summed E-state index contributed by atoms with van der Waals surface area (Å²) in [7, 11) is 1.55. The zero-order valence-corrected chi connectivity index (χ0v) is 6.39. The summed E-state index contributed by atoms with van der Waals surface area (Å²) in [5.74, 6) is 2.28. The van der Waals surface area contributed by atoms with Crippen LogP contribution in [0.4, 0.5) is 0 Å². The average Bonchev–Trinajstić information content (AvgIpc) is 0.722. The Balaban J connectivity index is 0. The van der Waals surface area contributed by atoms with E-state index >= 15 is 0 Å². The van der Waals surface area contributed by atoms with Crippen LogP contribution < -0.4 is 0 Å². The molecule has 3 heteroatoms. The largest absolute Gasteiger partial charge is 0.109 e. The molecule has 0 atom stereocenters. The van der Waals surface area contributed by atoms with Gasteiger partial charge in [0.2, 0.25) is 0 Å². The molecule has 0 aliphatic carbocycles. The van der Waals surface area contributed by atoms with Crippen molar-refractivity contribution in [2.24, 2.45) is 0 Å². The van der Waals surface area contributed by atoms with Crippen LogP contribution in [0, 0.1) is 0 Å². The summed E-state index contributed by atoms with van der Waals surface area (Å²) < 4.78 is 0. The van der Waals surface area contributed by atoms with Gasteiger partial charge in [0.15, 0.2) is 0 Å². The van der Waals surface area contributed by atoms with Crippen molar-refractivity contribution in [1.82, 2.24) is 0 Å². The SMILES string of the molecule is C1=PCC1.[Li].[Ti]. The second kappa shape index (κ2) is 6.48. The van der Waals surface area contributed by atoms with Crippen LogP contribution in [0.3, 0.4) is 0 Å². The van der Waals surface area contributed by atoms with E-state index in [2.05, 4.69) is 5.80 Å². The zero-order valence-electron chi connectivity index (χ0n) is 3.94. The molecule has 0 bridgehead atoms. The molecular formula is C3H5LiPTi. The van der Waals surface area contributed by atoms with Crippen LogP contribution in [0.25, 0.3) is 0 Å². The molecular weight excluding hydrogens is 122 g/mol. The Morgan fingerprint density at radius 1 is 1.50 bits per heavy atom. The quantitative estimate of drug-likeness (QED) is 0.332. The summed E-state index contributed by atoms with van der Waals surface area (Å²) in [6, 6.07) is 0. The second-order valence-corrected chi connectivity index (χ2v) is 2.05. The molecule has 0 saturated carbocycles. The fraction of sp³-hybridized carbons (Fsp3) is 0.667. The topological polar surface area (TPSA) is 0 Å². The summed E-state index contributed by atoms with van der Waals surface area (Å²) in [6.45, 7) is 0. The fourth-order valence-electron chi connectivity index (χ4n) is 0.129. The molecule has 0 aromatic heterocycles. The Bertz CT molecular complexity index is 40.1. The molecule has 0 saturated heterocycles. The first-order valence-corrected chi connectivity index (χ1v) is 2.63. The van der Waals surface area contributed by atoms with Crippen LogP contribution in [0.1, 0.15) is 6.42 Å². The smallest absolute Gasteiger partial charge is 0 e. The molecule has 1 rings (SSSR count). The molecule has 0 spiro atoms. The van der Waals surface area contributed by atoms with Gasteiger partial charge in [-0.15, -0.1) is 8.20 Å². The van der Waals surface area contributed by atoms with E-state index in [1.807, 2.05) is 0 Å². The van der Waals surface area contributed by atoms with Crippen molar-refractivity contribution in [3.63, 3.8) is 0 Å². The van der Waals surface area contributed by atoms with Crippen LogP contribution >= 0.6 is 8.20 Å². The van der Waals surface area contributed by atoms with E-state index in [1.165, 1.54) is 12.6 Å². The van der Waals surface area contributed by atoms with Crippen molar-refractivity contribution in [2.75, 3.05) is 6.16 Å². The predicted octanol–water partition coefficient (Wildman–Crippen LogP) is 0.755. The van der Waals surface area contributed by atoms with Crippen LogP contribution in [0.15, 0.2) is 0 Å². The molecule has 1 radical (unpaired) electrons. The van der Waals surface area contributed by atoms with E-state index in [9.17, 15) is 0 Å². The van der Waals surface area contributed by atoms with Gasteiger partial charge in [0.05, 0.1) is 0 Å².